The predicted octanol–water partition coefficient (Wildman–Crippen LogP) is 4.41. The Labute approximate surface area is 132 Å². The van der Waals surface area contributed by atoms with Gasteiger partial charge in [0.05, 0.1) is 0 Å². The summed E-state index contributed by atoms with van der Waals surface area (Å²) in [4.78, 5) is 12.4. The van der Waals surface area contributed by atoms with Crippen LogP contribution in [-0.4, -0.2) is 12.0 Å². The number of carbonyl (C=O) groups is 1. The molecule has 0 bridgehead atoms. The standard InChI is InChI=1S/C19H23NO2/c1-5-18(22-16-8-6-7-13(2)12-16)19(21)20-17-10-9-14(3)11-15(17)4/h6-12,18H,5H2,1-4H3,(H,20,21)/t18-/m0/s1. The summed E-state index contributed by atoms with van der Waals surface area (Å²) in [7, 11) is 0. The summed E-state index contributed by atoms with van der Waals surface area (Å²) < 4.78 is 5.83. The van der Waals surface area contributed by atoms with Gasteiger partial charge in [0.25, 0.3) is 5.91 Å². The fraction of sp³-hybridized carbons (Fsp3) is 0.316. The zero-order valence-electron chi connectivity index (χ0n) is 13.6. The topological polar surface area (TPSA) is 38.3 Å². The average Bonchev–Trinajstić information content (AvgIpc) is 2.47. The Morgan fingerprint density at radius 1 is 1.09 bits per heavy atom. The van der Waals surface area contributed by atoms with E-state index in [1.54, 1.807) is 0 Å². The van der Waals surface area contributed by atoms with E-state index in [2.05, 4.69) is 11.4 Å². The second kappa shape index (κ2) is 7.12. The van der Waals surface area contributed by atoms with Gasteiger partial charge in [-0.25, -0.2) is 0 Å². The van der Waals surface area contributed by atoms with Crippen LogP contribution in [0.3, 0.4) is 0 Å². The number of benzene rings is 2. The first-order valence-electron chi connectivity index (χ1n) is 7.61. The number of nitrogens with one attached hydrogen (secondary N) is 1. The highest BCUT2D eigenvalue weighted by Gasteiger charge is 2.19. The molecule has 0 saturated carbocycles. The van der Waals surface area contributed by atoms with Crippen molar-refractivity contribution in [2.75, 3.05) is 5.32 Å². The lowest BCUT2D eigenvalue weighted by Crippen LogP contribution is -2.32. The number of carbonyl (C=O) groups excluding carboxylic acids is 1. The molecule has 0 aromatic heterocycles. The lowest BCUT2D eigenvalue weighted by Gasteiger charge is -2.18. The minimum atomic E-state index is -0.498. The number of hydrogen-bond donors (Lipinski definition) is 1. The number of hydrogen-bond acceptors (Lipinski definition) is 2. The molecule has 0 aliphatic carbocycles. The summed E-state index contributed by atoms with van der Waals surface area (Å²) in [5.41, 5.74) is 4.18. The van der Waals surface area contributed by atoms with Crippen molar-refractivity contribution in [1.29, 1.82) is 0 Å². The SMILES string of the molecule is CC[C@H](Oc1cccc(C)c1)C(=O)Nc1ccc(C)cc1C. The fourth-order valence-corrected chi connectivity index (χ4v) is 2.34. The second-order valence-electron chi connectivity index (χ2n) is 5.64. The lowest BCUT2D eigenvalue weighted by atomic mass is 10.1. The molecule has 0 saturated heterocycles. The smallest absolute Gasteiger partial charge is 0.265 e. The van der Waals surface area contributed by atoms with E-state index >= 15 is 0 Å². The van der Waals surface area contributed by atoms with Crippen LogP contribution in [-0.2, 0) is 4.79 Å². The molecule has 3 nitrogen and oxygen atoms in total. The van der Waals surface area contributed by atoms with E-state index in [1.165, 1.54) is 5.56 Å². The van der Waals surface area contributed by atoms with Crippen molar-refractivity contribution in [3.05, 3.63) is 59.2 Å². The third-order valence-corrected chi connectivity index (χ3v) is 3.57. The van der Waals surface area contributed by atoms with Gasteiger partial charge >= 0.3 is 0 Å². The molecule has 1 N–H and O–H groups in total. The van der Waals surface area contributed by atoms with Crippen LogP contribution in [0.1, 0.15) is 30.0 Å². The van der Waals surface area contributed by atoms with E-state index in [0.29, 0.717) is 6.42 Å². The molecule has 2 rings (SSSR count). The Balaban J connectivity index is 2.08. The predicted molar refractivity (Wildman–Crippen MR) is 90.4 cm³/mol. The highest BCUT2D eigenvalue weighted by atomic mass is 16.5. The zero-order valence-corrected chi connectivity index (χ0v) is 13.6. The van der Waals surface area contributed by atoms with Gasteiger partial charge in [-0.1, -0.05) is 36.8 Å². The molecule has 0 unspecified atom stereocenters. The molecule has 22 heavy (non-hydrogen) atoms. The van der Waals surface area contributed by atoms with E-state index in [-0.39, 0.29) is 5.91 Å². The maximum Gasteiger partial charge on any atom is 0.265 e. The number of ether oxygens (including phenoxy) is 1. The molecule has 0 spiro atoms. The molecular weight excluding hydrogens is 274 g/mol. The van der Waals surface area contributed by atoms with E-state index in [0.717, 1.165) is 22.6 Å². The van der Waals surface area contributed by atoms with Gasteiger partial charge in [0.2, 0.25) is 0 Å². The molecule has 1 atom stereocenters. The Morgan fingerprint density at radius 3 is 2.45 bits per heavy atom. The van der Waals surface area contributed by atoms with Crippen molar-refractivity contribution >= 4 is 11.6 Å². The highest BCUT2D eigenvalue weighted by molar-refractivity contribution is 5.95. The van der Waals surface area contributed by atoms with Gasteiger partial charge in [-0.3, -0.25) is 4.79 Å². The summed E-state index contributed by atoms with van der Waals surface area (Å²) in [6, 6.07) is 13.7. The van der Waals surface area contributed by atoms with Crippen molar-refractivity contribution in [3.8, 4) is 5.75 Å². The van der Waals surface area contributed by atoms with Gasteiger partial charge in [-0.15, -0.1) is 0 Å². The summed E-state index contributed by atoms with van der Waals surface area (Å²) in [6.07, 6.45) is 0.118. The molecule has 0 heterocycles. The van der Waals surface area contributed by atoms with Crippen molar-refractivity contribution < 1.29 is 9.53 Å². The van der Waals surface area contributed by atoms with Crippen molar-refractivity contribution in [2.24, 2.45) is 0 Å². The number of rotatable bonds is 5. The van der Waals surface area contributed by atoms with Crippen LogP contribution in [0, 0.1) is 20.8 Å². The second-order valence-corrected chi connectivity index (χ2v) is 5.64. The maximum absolute atomic E-state index is 12.4. The Bertz CT molecular complexity index is 664. The first-order valence-corrected chi connectivity index (χ1v) is 7.61. The Hall–Kier alpha value is -2.29. The van der Waals surface area contributed by atoms with Crippen LogP contribution in [0.5, 0.6) is 5.75 Å². The fourth-order valence-electron chi connectivity index (χ4n) is 2.34. The van der Waals surface area contributed by atoms with Gasteiger partial charge in [-0.2, -0.15) is 0 Å². The van der Waals surface area contributed by atoms with Gasteiger partial charge < -0.3 is 10.1 Å². The summed E-state index contributed by atoms with van der Waals surface area (Å²) in [6.45, 7) is 7.98. The van der Waals surface area contributed by atoms with Crippen LogP contribution in [0.2, 0.25) is 0 Å². The molecular formula is C19H23NO2. The maximum atomic E-state index is 12.4. The first-order chi connectivity index (χ1) is 10.5. The summed E-state index contributed by atoms with van der Waals surface area (Å²) in [5.74, 6) is 0.610. The molecule has 0 fully saturated rings. The van der Waals surface area contributed by atoms with Crippen LogP contribution in [0.4, 0.5) is 5.69 Å². The molecule has 3 heteroatoms. The van der Waals surface area contributed by atoms with Crippen LogP contribution >= 0.6 is 0 Å². The van der Waals surface area contributed by atoms with E-state index in [1.807, 2.05) is 64.1 Å². The number of aryl methyl sites for hydroxylation is 3. The molecule has 2 aromatic carbocycles. The van der Waals surface area contributed by atoms with Crippen LogP contribution < -0.4 is 10.1 Å². The van der Waals surface area contributed by atoms with Crippen molar-refractivity contribution in [1.82, 2.24) is 0 Å². The van der Waals surface area contributed by atoms with Crippen molar-refractivity contribution in [2.45, 2.75) is 40.2 Å². The van der Waals surface area contributed by atoms with E-state index in [9.17, 15) is 4.79 Å². The van der Waals surface area contributed by atoms with E-state index in [4.69, 9.17) is 4.74 Å². The van der Waals surface area contributed by atoms with Gasteiger partial charge in [0.1, 0.15) is 5.75 Å². The minimum absolute atomic E-state index is 0.115. The highest BCUT2D eigenvalue weighted by Crippen LogP contribution is 2.19. The molecule has 1 amide bonds. The summed E-state index contributed by atoms with van der Waals surface area (Å²) >= 11 is 0. The first kappa shape index (κ1) is 16.1. The molecule has 2 aromatic rings. The molecule has 0 aliphatic rings. The van der Waals surface area contributed by atoms with Gasteiger partial charge in [0.15, 0.2) is 6.10 Å². The van der Waals surface area contributed by atoms with Gasteiger partial charge in [0, 0.05) is 5.69 Å². The van der Waals surface area contributed by atoms with Crippen LogP contribution in [0.25, 0.3) is 0 Å². The third kappa shape index (κ3) is 4.10. The number of amides is 1. The Kier molecular flexibility index (Phi) is 5.21. The molecule has 116 valence electrons. The van der Waals surface area contributed by atoms with Gasteiger partial charge in [-0.05, 0) is 56.5 Å². The van der Waals surface area contributed by atoms with E-state index < -0.39 is 6.10 Å². The quantitative estimate of drug-likeness (QED) is 0.888. The Morgan fingerprint density at radius 2 is 1.82 bits per heavy atom. The largest absolute Gasteiger partial charge is 0.481 e. The lowest BCUT2D eigenvalue weighted by molar-refractivity contribution is -0.122. The minimum Gasteiger partial charge on any atom is -0.481 e. The third-order valence-electron chi connectivity index (χ3n) is 3.57. The van der Waals surface area contributed by atoms with Crippen molar-refractivity contribution in [3.63, 3.8) is 0 Å². The monoisotopic (exact) mass is 297 g/mol. The molecule has 0 radical (unpaired) electrons. The summed E-state index contributed by atoms with van der Waals surface area (Å²) in [5, 5.41) is 2.96. The zero-order chi connectivity index (χ0) is 16.1. The molecule has 0 aliphatic heterocycles. The van der Waals surface area contributed by atoms with Crippen LogP contribution in [0.15, 0.2) is 42.5 Å². The number of anilines is 1. The average molecular weight is 297 g/mol. The normalized spacial score (nSPS) is 11.8.